The van der Waals surface area contributed by atoms with Crippen molar-refractivity contribution in [2.45, 2.75) is 340 Å². The molecule has 0 amide bonds. The van der Waals surface area contributed by atoms with Crippen LogP contribution in [-0.2, 0) is 134 Å². The Kier molecular flexibility index (Phi) is 46.2. The summed E-state index contributed by atoms with van der Waals surface area (Å²) in [5.74, 6) is -8.94. The third-order valence-electron chi connectivity index (χ3n) is 23.5. The molecule has 6 heterocycles. The van der Waals surface area contributed by atoms with Crippen LogP contribution in [0.4, 0.5) is 0 Å². The summed E-state index contributed by atoms with van der Waals surface area (Å²) in [7, 11) is 0. The van der Waals surface area contributed by atoms with Crippen LogP contribution in [0.1, 0.15) is 77.0 Å². The number of nitrogens with one attached hydrogen (secondary N) is 5. The van der Waals surface area contributed by atoms with Gasteiger partial charge >= 0.3 is 29.8 Å². The molecular weight excluding hydrogens is 1830 g/mol. The average Bonchev–Trinajstić information content (AvgIpc) is 0.765. The van der Waals surface area contributed by atoms with Gasteiger partial charge in [-0.15, -0.1) is 0 Å². The number of aliphatic carboxylic acids is 5. The lowest BCUT2D eigenvalue weighted by Crippen LogP contribution is -2.68. The van der Waals surface area contributed by atoms with Crippen molar-refractivity contribution >= 4 is 61.3 Å². The van der Waals surface area contributed by atoms with E-state index in [0.717, 1.165) is 0 Å². The molecule has 8 rings (SSSR count). The summed E-state index contributed by atoms with van der Waals surface area (Å²) >= 11 is 0. The van der Waals surface area contributed by atoms with Crippen LogP contribution in [0.25, 0.3) is 0 Å². The van der Waals surface area contributed by atoms with Gasteiger partial charge < -0.3 is 218 Å². The van der Waals surface area contributed by atoms with Crippen LogP contribution < -0.4 is 27.4 Å². The zero-order valence-corrected chi connectivity index (χ0v) is 71.1. The lowest BCUT2D eigenvalue weighted by molar-refractivity contribution is -0.396. The van der Waals surface area contributed by atoms with E-state index in [4.69, 9.17) is 96.0 Å². The number of rotatable bonds is 57. The number of hydrogen-bond acceptors (Lipinski definition) is 54. The van der Waals surface area contributed by atoms with Crippen molar-refractivity contribution in [2.24, 2.45) is 11.8 Å². The second kappa shape index (κ2) is 54.7. The number of carboxylic acid groups (broad SMARTS) is 5. The largest absolute Gasteiger partial charge is 0.481 e. The number of hydrogen-bond donors (Lipinski definition) is 31. The quantitative estimate of drug-likeness (QED) is 0.0199. The summed E-state index contributed by atoms with van der Waals surface area (Å²) in [5, 5.41) is 286. The van der Waals surface area contributed by atoms with E-state index >= 15 is 0 Å². The minimum Gasteiger partial charge on any atom is -0.481 e. The number of aliphatic hydroxyl groups is 21. The molecule has 59 nitrogen and oxygen atoms in total. The number of hydroxylamine groups is 5. The highest BCUT2D eigenvalue weighted by atomic mass is 16.8. The Balaban J connectivity index is 1.03. The Morgan fingerprint density at radius 2 is 0.478 bits per heavy atom. The molecule has 770 valence electrons. The third kappa shape index (κ3) is 30.2. The van der Waals surface area contributed by atoms with Gasteiger partial charge in [0.15, 0.2) is 31.5 Å². The molecule has 134 heavy (non-hydrogen) atoms. The summed E-state index contributed by atoms with van der Waals surface area (Å²) in [6.07, 6.45) is -84.2. The van der Waals surface area contributed by atoms with Crippen molar-refractivity contribution in [2.75, 3.05) is 52.9 Å². The van der Waals surface area contributed by atoms with E-state index in [1.165, 1.54) is 0 Å². The first-order valence-corrected chi connectivity index (χ1v) is 42.5. The molecular formula is C75H121N5O54. The predicted octanol–water partition coefficient (Wildman–Crippen LogP) is -17.3. The monoisotopic (exact) mass is 1960 g/mol. The zero-order valence-electron chi connectivity index (χ0n) is 71.1. The van der Waals surface area contributed by atoms with Gasteiger partial charge in [0, 0.05) is 57.2 Å². The summed E-state index contributed by atoms with van der Waals surface area (Å²) < 4.78 is 77.3. The number of carboxylic acids is 5. The molecule has 2 saturated carbocycles. The molecule has 31 N–H and O–H groups in total. The maximum absolute atomic E-state index is 12.3. The molecule has 0 aromatic rings. The Bertz CT molecular complexity index is 3600. The lowest BCUT2D eigenvalue weighted by Gasteiger charge is -2.50. The van der Waals surface area contributed by atoms with Gasteiger partial charge in [-0.3, -0.25) is 48.2 Å². The highest BCUT2D eigenvalue weighted by Crippen LogP contribution is 2.40. The van der Waals surface area contributed by atoms with Gasteiger partial charge in [0.05, 0.1) is 82.1 Å². The second-order valence-corrected chi connectivity index (χ2v) is 32.9. The molecule has 0 spiro atoms. The van der Waals surface area contributed by atoms with Crippen LogP contribution in [0.15, 0.2) is 0 Å². The maximum atomic E-state index is 12.3. The van der Waals surface area contributed by atoms with Crippen molar-refractivity contribution < 1.29 is 266 Å². The molecule has 6 aliphatic heterocycles. The van der Waals surface area contributed by atoms with Crippen molar-refractivity contribution in [3.63, 3.8) is 0 Å². The molecule has 0 aromatic heterocycles. The average molecular weight is 1960 g/mol. The molecule has 0 radical (unpaired) electrons. The van der Waals surface area contributed by atoms with Gasteiger partial charge in [0.25, 0.3) is 0 Å². The normalized spacial score (nSPS) is 40.5. The minimum atomic E-state index is -2.54. The Morgan fingerprint density at radius 1 is 0.261 bits per heavy atom. The molecule has 6 saturated heterocycles. The van der Waals surface area contributed by atoms with E-state index in [1.54, 1.807) is 0 Å². The summed E-state index contributed by atoms with van der Waals surface area (Å²) in [5.41, 5.74) is 11.2. The summed E-state index contributed by atoms with van der Waals surface area (Å²) in [6, 6.07) is -6.70. The van der Waals surface area contributed by atoms with E-state index < -0.39 is 416 Å². The van der Waals surface area contributed by atoms with Crippen molar-refractivity contribution in [1.82, 2.24) is 27.4 Å². The van der Waals surface area contributed by atoms with Crippen molar-refractivity contribution in [1.29, 1.82) is 0 Å². The maximum Gasteiger partial charge on any atom is 0.303 e. The zero-order chi connectivity index (χ0) is 98.8. The van der Waals surface area contributed by atoms with Gasteiger partial charge in [-0.2, -0.15) is 27.4 Å². The Morgan fingerprint density at radius 3 is 0.769 bits per heavy atom. The topological polar surface area (TPSA) is 923 Å². The lowest BCUT2D eigenvalue weighted by atomic mass is 9.81. The fourth-order valence-electron chi connectivity index (χ4n) is 15.7. The molecule has 8 aliphatic rings. The Hall–Kier alpha value is -6.06. The van der Waals surface area contributed by atoms with Gasteiger partial charge in [-0.05, 0) is 44.9 Å². The van der Waals surface area contributed by atoms with Gasteiger partial charge in [-0.25, -0.2) is 0 Å². The van der Waals surface area contributed by atoms with Crippen LogP contribution in [0, 0.1) is 11.8 Å². The fraction of sp³-hybridized carbons (Fsp3) is 0.867. The smallest absolute Gasteiger partial charge is 0.303 e. The first kappa shape index (κ1) is 113. The summed E-state index contributed by atoms with van der Waals surface area (Å²) in [4.78, 5) is 143. The van der Waals surface area contributed by atoms with E-state index in [-0.39, 0.29) is 44.4 Å². The van der Waals surface area contributed by atoms with Crippen molar-refractivity contribution in [3.8, 4) is 0 Å². The van der Waals surface area contributed by atoms with Crippen LogP contribution in [0.2, 0.25) is 0 Å². The first-order valence-electron chi connectivity index (χ1n) is 42.5. The molecule has 0 aromatic carbocycles. The second-order valence-electron chi connectivity index (χ2n) is 32.9. The first-order chi connectivity index (χ1) is 63.7. The molecule has 40 unspecified atom stereocenters. The van der Waals surface area contributed by atoms with Gasteiger partial charge in [0.1, 0.15) is 215 Å². The van der Waals surface area contributed by atoms with E-state index in [9.17, 15) is 171 Å². The highest BCUT2D eigenvalue weighted by molar-refractivity contribution is 5.70. The van der Waals surface area contributed by atoms with Crippen LogP contribution in [0.3, 0.4) is 0 Å². The number of carbonyl (C=O) groups excluding carboxylic acids is 5. The SMILES string of the molecule is O=C[C@H](CCC(=O)O)NOC1OC(COC2CC(CO)C(ON[C@H](C=O)CCC(=O)O)C(O)C2O)C(OC2OC(CO)C(OC3OC(COC4CC(CO)C(ON[C@H](C=O)CCC(=O)O)C(O)C4O)C(OC4OC(CO)C(OC5OC(COC6OC(CO)C(ON[C@H](C=O)CCC(=O)O)C(O)C6O)C(ON[C@H](C=O)CCC(=O)O)C(O)C5O)C(O)C4O)C(O)C3O)C(O)C2O)C(O)C1O. The van der Waals surface area contributed by atoms with Gasteiger partial charge in [-0.1, -0.05) is 0 Å². The minimum absolute atomic E-state index is 0.206. The summed E-state index contributed by atoms with van der Waals surface area (Å²) in [6.45, 7) is -8.19. The highest BCUT2D eigenvalue weighted by Gasteiger charge is 2.60. The molecule has 59 heteroatoms. The van der Waals surface area contributed by atoms with Gasteiger partial charge in [0.2, 0.25) is 6.29 Å². The van der Waals surface area contributed by atoms with E-state index in [1.807, 2.05) is 0 Å². The number of ether oxygens (including phenoxy) is 13. The predicted molar refractivity (Wildman–Crippen MR) is 415 cm³/mol. The molecule has 2 aliphatic carbocycles. The molecule has 45 atom stereocenters. The standard InChI is InChI=1S/C75H121N5O54/c81-13-26-11-33(46(101)48(103)62(26)130-76-28(15-83)1-6-41(91)92)117-23-38-66(128-71-57(112)51(106)65(36(21-89)121-71)127-74-60(115)55(110)69(133-79-31(18-86)4-9-44(97)98)40(124-74)25-119-70-56(111)54(109)68(37(22-90)120-70)132-78-30(17-85)3-8-43(95)96)52(107)59(114)73(123-38)126-64-35(20-88)122-72(58(113)50(64)105)129-67-39(125-75(61(116)53(67)108)134-80-32(19-87)5-10-45(99)100)24-118-34-12-27(14-82)63(49(104)47(34)102)131-77-29(16-84)2-7-42(93)94/h15-19,26-40,46-82,88-90,101-116H,1-14,20-25H2,(H,91,92)(H,93,94)(H,95,96)(H,97,98)(H,99,100)/t26?,27?,28-,29-,30-,31-,32-,33?,34?,35?,36?,37?,38?,39?,40?,46?,47?,48?,49?,50?,51?,52?,53?,54?,55?,56?,57?,58?,59?,60?,61?,62?,63?,64?,65?,66?,67?,68?,69?,70?,71?,72?,73?,74?,75?/m0/s1. The van der Waals surface area contributed by atoms with Crippen LogP contribution >= 0.6 is 0 Å². The van der Waals surface area contributed by atoms with Crippen molar-refractivity contribution in [3.05, 3.63) is 0 Å². The molecule has 0 bridgehead atoms. The third-order valence-corrected chi connectivity index (χ3v) is 23.5. The van der Waals surface area contributed by atoms with E-state index in [2.05, 4.69) is 27.4 Å². The number of aliphatic hydroxyl groups excluding tert-OH is 21. The van der Waals surface area contributed by atoms with Crippen LogP contribution in [0.5, 0.6) is 0 Å². The van der Waals surface area contributed by atoms with E-state index in [0.29, 0.717) is 6.29 Å². The number of aldehydes is 5. The van der Waals surface area contributed by atoms with Crippen LogP contribution in [-0.4, -0.2) is 510 Å². The molecule has 8 fully saturated rings. The fourth-order valence-corrected chi connectivity index (χ4v) is 15.7. The number of carbonyl (C=O) groups is 10. The Labute approximate surface area is 758 Å².